The van der Waals surface area contributed by atoms with E-state index in [1.807, 2.05) is 0 Å². The summed E-state index contributed by atoms with van der Waals surface area (Å²) in [6, 6.07) is 4.07. The molecular weight excluding hydrogens is 261 g/mol. The standard InChI is InChI=1S/C14H16FN3O2/c1-10-7-11(15)3-4-13(10)14(19)17-12-8-16-18(9-12)5-6-20-2/h3-4,7-9H,5-6H2,1-2H3,(H,17,19). The fraction of sp³-hybridized carbons (Fsp3) is 0.286. The smallest absolute Gasteiger partial charge is 0.256 e. The van der Waals surface area contributed by atoms with Gasteiger partial charge in [-0.15, -0.1) is 0 Å². The number of nitrogens with zero attached hydrogens (tertiary/aromatic N) is 2. The minimum absolute atomic E-state index is 0.284. The Kier molecular flexibility index (Phi) is 4.47. The van der Waals surface area contributed by atoms with Crippen LogP contribution in [-0.4, -0.2) is 29.4 Å². The van der Waals surface area contributed by atoms with Gasteiger partial charge in [-0.2, -0.15) is 5.10 Å². The zero-order valence-electron chi connectivity index (χ0n) is 11.4. The number of methoxy groups -OCH3 is 1. The third kappa shape index (κ3) is 3.42. The second-order valence-corrected chi connectivity index (χ2v) is 4.40. The quantitative estimate of drug-likeness (QED) is 0.911. The molecule has 106 valence electrons. The van der Waals surface area contributed by atoms with E-state index in [0.29, 0.717) is 30.0 Å². The molecule has 20 heavy (non-hydrogen) atoms. The maximum atomic E-state index is 13.0. The average Bonchev–Trinajstić information content (AvgIpc) is 2.83. The fourth-order valence-electron chi connectivity index (χ4n) is 1.82. The number of rotatable bonds is 5. The highest BCUT2D eigenvalue weighted by Crippen LogP contribution is 2.13. The number of carbonyl (C=O) groups excluding carboxylic acids is 1. The molecule has 2 aromatic rings. The Hall–Kier alpha value is -2.21. The molecule has 0 atom stereocenters. The van der Waals surface area contributed by atoms with Crippen LogP contribution in [0.1, 0.15) is 15.9 Å². The van der Waals surface area contributed by atoms with E-state index in [-0.39, 0.29) is 11.7 Å². The summed E-state index contributed by atoms with van der Waals surface area (Å²) in [4.78, 5) is 12.1. The van der Waals surface area contributed by atoms with Crippen LogP contribution in [0.2, 0.25) is 0 Å². The van der Waals surface area contributed by atoms with Crippen LogP contribution in [0.5, 0.6) is 0 Å². The van der Waals surface area contributed by atoms with Gasteiger partial charge in [-0.1, -0.05) is 0 Å². The molecule has 0 bridgehead atoms. The van der Waals surface area contributed by atoms with E-state index in [1.54, 1.807) is 31.1 Å². The van der Waals surface area contributed by atoms with Crippen molar-refractivity contribution in [2.24, 2.45) is 0 Å². The number of aryl methyl sites for hydroxylation is 1. The monoisotopic (exact) mass is 277 g/mol. The Labute approximate surface area is 116 Å². The molecule has 0 radical (unpaired) electrons. The predicted molar refractivity (Wildman–Crippen MR) is 73.2 cm³/mol. The van der Waals surface area contributed by atoms with Crippen molar-refractivity contribution >= 4 is 11.6 Å². The Morgan fingerprint density at radius 3 is 3.00 bits per heavy atom. The van der Waals surface area contributed by atoms with Crippen LogP contribution < -0.4 is 5.32 Å². The summed E-state index contributed by atoms with van der Waals surface area (Å²) >= 11 is 0. The Morgan fingerprint density at radius 1 is 1.50 bits per heavy atom. The van der Waals surface area contributed by atoms with E-state index < -0.39 is 0 Å². The van der Waals surface area contributed by atoms with Gasteiger partial charge in [-0.3, -0.25) is 9.48 Å². The van der Waals surface area contributed by atoms with Gasteiger partial charge < -0.3 is 10.1 Å². The number of benzene rings is 1. The molecule has 0 spiro atoms. The molecule has 1 aromatic heterocycles. The maximum absolute atomic E-state index is 13.0. The first-order chi connectivity index (χ1) is 9.60. The Bertz CT molecular complexity index is 610. The number of ether oxygens (including phenoxy) is 1. The molecule has 1 amide bonds. The molecular formula is C14H16FN3O2. The third-order valence-corrected chi connectivity index (χ3v) is 2.85. The molecule has 0 unspecified atom stereocenters. The fourth-order valence-corrected chi connectivity index (χ4v) is 1.82. The zero-order valence-corrected chi connectivity index (χ0v) is 11.4. The largest absolute Gasteiger partial charge is 0.383 e. The number of hydrogen-bond donors (Lipinski definition) is 1. The van der Waals surface area contributed by atoms with Gasteiger partial charge in [0.1, 0.15) is 5.82 Å². The molecule has 0 aliphatic heterocycles. The molecule has 1 aromatic carbocycles. The van der Waals surface area contributed by atoms with Crippen LogP contribution in [-0.2, 0) is 11.3 Å². The number of carbonyl (C=O) groups is 1. The topological polar surface area (TPSA) is 56.1 Å². The van der Waals surface area contributed by atoms with Gasteiger partial charge in [0.05, 0.1) is 25.0 Å². The van der Waals surface area contributed by atoms with Crippen LogP contribution in [0.15, 0.2) is 30.6 Å². The summed E-state index contributed by atoms with van der Waals surface area (Å²) in [5.41, 5.74) is 1.63. The SMILES string of the molecule is COCCn1cc(NC(=O)c2ccc(F)cc2C)cn1. The van der Waals surface area contributed by atoms with E-state index in [0.717, 1.165) is 0 Å². The van der Waals surface area contributed by atoms with Gasteiger partial charge >= 0.3 is 0 Å². The second kappa shape index (κ2) is 6.29. The number of nitrogens with one attached hydrogen (secondary N) is 1. The lowest BCUT2D eigenvalue weighted by Gasteiger charge is -2.05. The summed E-state index contributed by atoms with van der Waals surface area (Å²) in [6.45, 7) is 2.86. The number of anilines is 1. The van der Waals surface area contributed by atoms with E-state index in [4.69, 9.17) is 4.74 Å². The first kappa shape index (κ1) is 14.2. The molecule has 0 aliphatic rings. The lowest BCUT2D eigenvalue weighted by atomic mass is 10.1. The lowest BCUT2D eigenvalue weighted by Crippen LogP contribution is -2.13. The molecule has 0 aliphatic carbocycles. The van der Waals surface area contributed by atoms with E-state index >= 15 is 0 Å². The van der Waals surface area contributed by atoms with Crippen molar-refractivity contribution in [1.29, 1.82) is 0 Å². The number of halogens is 1. The highest BCUT2D eigenvalue weighted by molar-refractivity contribution is 6.05. The first-order valence-corrected chi connectivity index (χ1v) is 6.19. The van der Waals surface area contributed by atoms with Crippen LogP contribution >= 0.6 is 0 Å². The summed E-state index contributed by atoms with van der Waals surface area (Å²) in [6.07, 6.45) is 3.28. The molecule has 1 N–H and O–H groups in total. The Morgan fingerprint density at radius 2 is 2.30 bits per heavy atom. The molecule has 6 heteroatoms. The first-order valence-electron chi connectivity index (χ1n) is 6.19. The minimum atomic E-state index is -0.355. The molecule has 5 nitrogen and oxygen atoms in total. The normalized spacial score (nSPS) is 10.6. The van der Waals surface area contributed by atoms with Crippen molar-refractivity contribution in [2.75, 3.05) is 19.0 Å². The summed E-state index contributed by atoms with van der Waals surface area (Å²) in [5.74, 6) is -0.639. The highest BCUT2D eigenvalue weighted by Gasteiger charge is 2.10. The number of amides is 1. The van der Waals surface area contributed by atoms with E-state index in [2.05, 4.69) is 10.4 Å². The summed E-state index contributed by atoms with van der Waals surface area (Å²) < 4.78 is 19.6. The zero-order chi connectivity index (χ0) is 14.5. The van der Waals surface area contributed by atoms with Gasteiger partial charge in [0.15, 0.2) is 0 Å². The van der Waals surface area contributed by atoms with Crippen LogP contribution in [0.3, 0.4) is 0 Å². The third-order valence-electron chi connectivity index (χ3n) is 2.85. The molecule has 2 rings (SSSR count). The van der Waals surface area contributed by atoms with Gasteiger partial charge in [0.2, 0.25) is 0 Å². The molecule has 0 saturated heterocycles. The van der Waals surface area contributed by atoms with Crippen molar-refractivity contribution in [1.82, 2.24) is 9.78 Å². The summed E-state index contributed by atoms with van der Waals surface area (Å²) in [5, 5.41) is 6.83. The van der Waals surface area contributed by atoms with E-state index in [9.17, 15) is 9.18 Å². The molecule has 0 fully saturated rings. The summed E-state index contributed by atoms with van der Waals surface area (Å²) in [7, 11) is 1.61. The second-order valence-electron chi connectivity index (χ2n) is 4.40. The van der Waals surface area contributed by atoms with Crippen molar-refractivity contribution in [3.63, 3.8) is 0 Å². The van der Waals surface area contributed by atoms with Gasteiger partial charge in [0, 0.05) is 18.9 Å². The van der Waals surface area contributed by atoms with Gasteiger partial charge in [-0.05, 0) is 30.7 Å². The molecule has 1 heterocycles. The lowest BCUT2D eigenvalue weighted by molar-refractivity contribution is 0.102. The highest BCUT2D eigenvalue weighted by atomic mass is 19.1. The predicted octanol–water partition coefficient (Wildman–Crippen LogP) is 2.23. The Balaban J connectivity index is 2.05. The van der Waals surface area contributed by atoms with Gasteiger partial charge in [0.25, 0.3) is 5.91 Å². The average molecular weight is 277 g/mol. The minimum Gasteiger partial charge on any atom is -0.383 e. The van der Waals surface area contributed by atoms with Crippen LogP contribution in [0, 0.1) is 12.7 Å². The van der Waals surface area contributed by atoms with Crippen LogP contribution in [0.4, 0.5) is 10.1 Å². The maximum Gasteiger partial charge on any atom is 0.256 e. The van der Waals surface area contributed by atoms with Crippen molar-refractivity contribution < 1.29 is 13.9 Å². The molecule has 0 saturated carbocycles. The number of hydrogen-bond acceptors (Lipinski definition) is 3. The van der Waals surface area contributed by atoms with E-state index in [1.165, 1.54) is 18.2 Å². The van der Waals surface area contributed by atoms with Crippen molar-refractivity contribution in [2.45, 2.75) is 13.5 Å². The number of aromatic nitrogens is 2. The van der Waals surface area contributed by atoms with Crippen molar-refractivity contribution in [3.05, 3.63) is 47.5 Å². The van der Waals surface area contributed by atoms with Crippen LogP contribution in [0.25, 0.3) is 0 Å². The van der Waals surface area contributed by atoms with Gasteiger partial charge in [-0.25, -0.2) is 4.39 Å². The van der Waals surface area contributed by atoms with Crippen molar-refractivity contribution in [3.8, 4) is 0 Å².